The van der Waals surface area contributed by atoms with Crippen molar-refractivity contribution in [2.45, 2.75) is 18.5 Å². The highest BCUT2D eigenvalue weighted by Crippen LogP contribution is 2.45. The van der Waals surface area contributed by atoms with Crippen molar-refractivity contribution < 1.29 is 9.18 Å². The van der Waals surface area contributed by atoms with Gasteiger partial charge in [-0.25, -0.2) is 4.39 Å². The third-order valence-corrected chi connectivity index (χ3v) is 3.88. The molecule has 3 rings (SSSR count). The Kier molecular flexibility index (Phi) is 2.83. The van der Waals surface area contributed by atoms with Crippen molar-refractivity contribution in [3.63, 3.8) is 0 Å². The highest BCUT2D eigenvalue weighted by atomic mass is 19.1. The van der Waals surface area contributed by atoms with Crippen molar-refractivity contribution in [1.29, 1.82) is 0 Å². The lowest BCUT2D eigenvalue weighted by Gasteiger charge is -2.30. The Morgan fingerprint density at radius 1 is 1.15 bits per heavy atom. The van der Waals surface area contributed by atoms with Crippen LogP contribution in [0, 0.1) is 5.82 Å². The zero-order chi connectivity index (χ0) is 14.3. The SMILES string of the molecule is C[C@@]1(N)c2ccccc2N(c2ccccc2F)C1C=O. The first-order chi connectivity index (χ1) is 9.57. The molecule has 20 heavy (non-hydrogen) atoms. The Bertz CT molecular complexity index is 669. The molecule has 1 aliphatic rings. The number of aldehydes is 1. The zero-order valence-corrected chi connectivity index (χ0v) is 11.1. The Hall–Kier alpha value is -2.20. The largest absolute Gasteiger partial charge is 0.326 e. The van der Waals surface area contributed by atoms with E-state index >= 15 is 0 Å². The van der Waals surface area contributed by atoms with E-state index in [0.717, 1.165) is 17.5 Å². The van der Waals surface area contributed by atoms with Crippen LogP contribution in [-0.4, -0.2) is 12.3 Å². The number of fused-ring (bicyclic) bond motifs is 1. The number of hydrogen-bond acceptors (Lipinski definition) is 3. The number of halogens is 1. The van der Waals surface area contributed by atoms with Gasteiger partial charge in [-0.05, 0) is 30.7 Å². The predicted octanol–water partition coefficient (Wildman–Crippen LogP) is 2.72. The minimum absolute atomic E-state index is 0.367. The number of nitrogens with zero attached hydrogens (tertiary/aromatic N) is 1. The van der Waals surface area contributed by atoms with E-state index in [9.17, 15) is 9.18 Å². The standard InChI is InChI=1S/C16H15FN2O/c1-16(18)11-6-2-4-8-13(11)19(15(16)10-20)14-9-5-3-7-12(14)17/h2-10,15H,18H2,1H3/t15?,16-/m1/s1. The van der Waals surface area contributed by atoms with E-state index < -0.39 is 11.6 Å². The van der Waals surface area contributed by atoms with Crippen LogP contribution >= 0.6 is 0 Å². The molecule has 0 bridgehead atoms. The summed E-state index contributed by atoms with van der Waals surface area (Å²) < 4.78 is 14.1. The monoisotopic (exact) mass is 270 g/mol. The van der Waals surface area contributed by atoms with Crippen LogP contribution in [0.1, 0.15) is 12.5 Å². The van der Waals surface area contributed by atoms with Crippen molar-refractivity contribution in [2.24, 2.45) is 5.73 Å². The van der Waals surface area contributed by atoms with Gasteiger partial charge in [0.2, 0.25) is 0 Å². The molecule has 2 atom stereocenters. The average Bonchev–Trinajstić information content (AvgIpc) is 2.67. The minimum atomic E-state index is -0.847. The number of benzene rings is 2. The molecule has 4 heteroatoms. The number of anilines is 2. The zero-order valence-electron chi connectivity index (χ0n) is 11.1. The maximum atomic E-state index is 14.1. The molecular weight excluding hydrogens is 255 g/mol. The van der Waals surface area contributed by atoms with E-state index in [1.165, 1.54) is 6.07 Å². The fourth-order valence-corrected chi connectivity index (χ4v) is 2.85. The van der Waals surface area contributed by atoms with Crippen LogP contribution in [-0.2, 0) is 10.3 Å². The molecule has 0 aromatic heterocycles. The summed E-state index contributed by atoms with van der Waals surface area (Å²) in [5, 5.41) is 0. The maximum absolute atomic E-state index is 14.1. The van der Waals surface area contributed by atoms with E-state index in [0.29, 0.717) is 5.69 Å². The van der Waals surface area contributed by atoms with Crippen LogP contribution in [0.4, 0.5) is 15.8 Å². The average molecular weight is 270 g/mol. The molecule has 102 valence electrons. The van der Waals surface area contributed by atoms with Crippen molar-refractivity contribution >= 4 is 17.7 Å². The smallest absolute Gasteiger partial charge is 0.146 e. The summed E-state index contributed by atoms with van der Waals surface area (Å²) in [6.07, 6.45) is 0.784. The van der Waals surface area contributed by atoms with Gasteiger partial charge in [-0.3, -0.25) is 0 Å². The minimum Gasteiger partial charge on any atom is -0.326 e. The van der Waals surface area contributed by atoms with Crippen molar-refractivity contribution in [2.75, 3.05) is 4.90 Å². The Morgan fingerprint density at radius 2 is 1.75 bits per heavy atom. The second-order valence-corrected chi connectivity index (χ2v) is 5.20. The number of nitrogens with two attached hydrogens (primary N) is 1. The fraction of sp³-hybridized carbons (Fsp3) is 0.188. The van der Waals surface area contributed by atoms with Gasteiger partial charge in [0, 0.05) is 5.69 Å². The summed E-state index contributed by atoms with van der Waals surface area (Å²) in [5.74, 6) is -0.369. The fourth-order valence-electron chi connectivity index (χ4n) is 2.85. The third kappa shape index (κ3) is 1.65. The molecule has 0 radical (unpaired) electrons. The summed E-state index contributed by atoms with van der Waals surface area (Å²) in [6.45, 7) is 1.80. The Labute approximate surface area is 116 Å². The van der Waals surface area contributed by atoms with Crippen LogP contribution in [0.3, 0.4) is 0 Å². The van der Waals surface area contributed by atoms with Crippen molar-refractivity contribution in [3.05, 3.63) is 59.9 Å². The number of hydrogen-bond donors (Lipinski definition) is 1. The Morgan fingerprint density at radius 3 is 2.40 bits per heavy atom. The van der Waals surface area contributed by atoms with Gasteiger partial charge in [0.25, 0.3) is 0 Å². The van der Waals surface area contributed by atoms with Crippen molar-refractivity contribution in [3.8, 4) is 0 Å². The van der Waals surface area contributed by atoms with Crippen LogP contribution in [0.15, 0.2) is 48.5 Å². The second kappa shape index (κ2) is 4.42. The maximum Gasteiger partial charge on any atom is 0.146 e. The molecule has 2 aromatic rings. The molecule has 0 saturated heterocycles. The van der Waals surface area contributed by atoms with E-state index in [2.05, 4.69) is 0 Å². The van der Waals surface area contributed by atoms with Crippen LogP contribution in [0.25, 0.3) is 0 Å². The summed E-state index contributed by atoms with van der Waals surface area (Å²) in [7, 11) is 0. The molecule has 0 amide bonds. The molecule has 1 unspecified atom stereocenters. The molecule has 3 nitrogen and oxygen atoms in total. The highest BCUT2D eigenvalue weighted by Gasteiger charge is 2.46. The third-order valence-electron chi connectivity index (χ3n) is 3.88. The predicted molar refractivity (Wildman–Crippen MR) is 76.4 cm³/mol. The highest BCUT2D eigenvalue weighted by molar-refractivity contribution is 5.83. The quantitative estimate of drug-likeness (QED) is 0.853. The second-order valence-electron chi connectivity index (χ2n) is 5.20. The number of carbonyl (C=O) groups is 1. The first kappa shape index (κ1) is 12.8. The number of rotatable bonds is 2. The van der Waals surface area contributed by atoms with Gasteiger partial charge in [-0.1, -0.05) is 30.3 Å². The van der Waals surface area contributed by atoms with Gasteiger partial charge >= 0.3 is 0 Å². The Balaban J connectivity index is 2.25. The lowest BCUT2D eigenvalue weighted by molar-refractivity contribution is -0.109. The van der Waals surface area contributed by atoms with Gasteiger partial charge in [0.1, 0.15) is 18.1 Å². The van der Waals surface area contributed by atoms with E-state index in [4.69, 9.17) is 5.73 Å². The lowest BCUT2D eigenvalue weighted by Crippen LogP contribution is -2.48. The van der Waals surface area contributed by atoms with Gasteiger partial charge < -0.3 is 15.4 Å². The molecule has 2 N–H and O–H groups in total. The van der Waals surface area contributed by atoms with Gasteiger partial charge in [0.15, 0.2) is 0 Å². The molecule has 0 aliphatic carbocycles. The van der Waals surface area contributed by atoms with E-state index in [1.54, 1.807) is 30.0 Å². The molecule has 0 spiro atoms. The van der Waals surface area contributed by atoms with Crippen molar-refractivity contribution in [1.82, 2.24) is 0 Å². The normalized spacial score (nSPS) is 24.6. The molecule has 0 saturated carbocycles. The summed E-state index contributed by atoms with van der Waals surface area (Å²) in [5.41, 5.74) is 7.47. The topological polar surface area (TPSA) is 46.3 Å². The first-order valence-corrected chi connectivity index (χ1v) is 6.45. The van der Waals surface area contributed by atoms with Gasteiger partial charge in [-0.2, -0.15) is 0 Å². The van der Waals surface area contributed by atoms with E-state index in [-0.39, 0.29) is 5.82 Å². The van der Waals surface area contributed by atoms with Crippen LogP contribution < -0.4 is 10.6 Å². The number of carbonyl (C=O) groups excluding carboxylic acids is 1. The van der Waals surface area contributed by atoms with E-state index in [1.807, 2.05) is 24.3 Å². The van der Waals surface area contributed by atoms with Crippen LogP contribution in [0.5, 0.6) is 0 Å². The summed E-state index contributed by atoms with van der Waals surface area (Å²) in [4.78, 5) is 13.2. The molecule has 1 aliphatic heterocycles. The van der Waals surface area contributed by atoms with Crippen LogP contribution in [0.2, 0.25) is 0 Å². The summed E-state index contributed by atoms with van der Waals surface area (Å²) >= 11 is 0. The summed E-state index contributed by atoms with van der Waals surface area (Å²) in [6, 6.07) is 13.2. The first-order valence-electron chi connectivity index (χ1n) is 6.45. The molecule has 0 fully saturated rings. The number of para-hydroxylation sites is 2. The van der Waals surface area contributed by atoms with Gasteiger partial charge in [0.05, 0.1) is 11.2 Å². The molecule has 2 aromatic carbocycles. The van der Waals surface area contributed by atoms with Gasteiger partial charge in [-0.15, -0.1) is 0 Å². The molecular formula is C16H15FN2O. The lowest BCUT2D eigenvalue weighted by atomic mass is 9.89. The molecule has 1 heterocycles.